The van der Waals surface area contributed by atoms with E-state index in [9.17, 15) is 14.4 Å². The second-order valence-electron chi connectivity index (χ2n) is 16.3. The summed E-state index contributed by atoms with van der Waals surface area (Å²) in [5.41, 5.74) is 0. The molecule has 6 heteroatoms. The summed E-state index contributed by atoms with van der Waals surface area (Å²) in [6.45, 7) is 6.38. The molecule has 0 aliphatic carbocycles. The average Bonchev–Trinajstić information content (AvgIpc) is 3.28. The maximum Gasteiger partial charge on any atom is 0.306 e. The Morgan fingerprint density at radius 2 is 0.635 bits per heavy atom. The fourth-order valence-corrected chi connectivity index (χ4v) is 6.46. The summed E-state index contributed by atoms with van der Waals surface area (Å²) >= 11 is 0. The molecule has 356 valence electrons. The largest absolute Gasteiger partial charge is 0.462 e. The molecule has 6 nitrogen and oxygen atoms in total. The molecule has 0 saturated heterocycles. The molecule has 0 amide bonds. The van der Waals surface area contributed by atoms with Crippen molar-refractivity contribution in [2.24, 2.45) is 0 Å². The van der Waals surface area contributed by atoms with Crippen molar-refractivity contribution < 1.29 is 28.6 Å². The average molecular weight is 873 g/mol. The van der Waals surface area contributed by atoms with Gasteiger partial charge in [-0.15, -0.1) is 0 Å². The Hall–Kier alpha value is -3.93. The summed E-state index contributed by atoms with van der Waals surface area (Å²) in [7, 11) is 0. The van der Waals surface area contributed by atoms with Gasteiger partial charge in [0.25, 0.3) is 0 Å². The van der Waals surface area contributed by atoms with E-state index in [1.54, 1.807) is 0 Å². The van der Waals surface area contributed by atoms with Crippen molar-refractivity contribution in [3.8, 4) is 0 Å². The molecule has 63 heavy (non-hydrogen) atoms. The summed E-state index contributed by atoms with van der Waals surface area (Å²) in [4.78, 5) is 37.9. The summed E-state index contributed by atoms with van der Waals surface area (Å²) in [6.07, 6.45) is 67.9. The van der Waals surface area contributed by atoms with E-state index >= 15 is 0 Å². The van der Waals surface area contributed by atoms with Gasteiger partial charge in [0.2, 0.25) is 0 Å². The summed E-state index contributed by atoms with van der Waals surface area (Å²) < 4.78 is 16.7. The van der Waals surface area contributed by atoms with E-state index in [2.05, 4.69) is 130 Å². The standard InChI is InChI=1S/C57H92O6/c1-4-7-10-13-16-19-21-23-25-27-28-30-31-33-35-38-41-44-47-50-56(59)62-53-54(52-61-55(58)49-46-43-40-37-18-15-12-9-6-3)63-57(60)51-48-45-42-39-36-34-32-29-26-24-22-20-17-14-11-8-5-2/h8,11,16-17,19-20,23-26,28,30,32-35,39,42,54H,4-7,9-10,12-15,18,21-22,27,29,31,36-38,40-41,43-53H2,1-3H3/b11-8-,19-16-,20-17-,25-23-,26-24-,30-28-,34-32-,35-33-,42-39-/t54-/m1/s1. The highest BCUT2D eigenvalue weighted by atomic mass is 16.6. The van der Waals surface area contributed by atoms with Gasteiger partial charge in [0.15, 0.2) is 6.10 Å². The van der Waals surface area contributed by atoms with Crippen LogP contribution in [0.15, 0.2) is 109 Å². The first-order valence-electron chi connectivity index (χ1n) is 25.4. The molecule has 0 radical (unpaired) electrons. The van der Waals surface area contributed by atoms with E-state index in [0.717, 1.165) is 103 Å². The highest BCUT2D eigenvalue weighted by Crippen LogP contribution is 2.12. The molecule has 0 aliphatic heterocycles. The van der Waals surface area contributed by atoms with Gasteiger partial charge in [0.05, 0.1) is 0 Å². The maximum absolute atomic E-state index is 12.8. The van der Waals surface area contributed by atoms with Gasteiger partial charge >= 0.3 is 17.9 Å². The van der Waals surface area contributed by atoms with Gasteiger partial charge in [0, 0.05) is 19.3 Å². The highest BCUT2D eigenvalue weighted by molar-refractivity contribution is 5.71. The zero-order valence-corrected chi connectivity index (χ0v) is 40.5. The number of unbranched alkanes of at least 4 members (excludes halogenated alkanes) is 15. The summed E-state index contributed by atoms with van der Waals surface area (Å²) in [5, 5.41) is 0. The Bertz CT molecular complexity index is 1330. The lowest BCUT2D eigenvalue weighted by Crippen LogP contribution is -2.30. The quantitative estimate of drug-likeness (QED) is 0.0263. The van der Waals surface area contributed by atoms with Gasteiger partial charge in [-0.25, -0.2) is 0 Å². The molecule has 0 N–H and O–H groups in total. The summed E-state index contributed by atoms with van der Waals surface area (Å²) in [6, 6.07) is 0. The number of carbonyl (C=O) groups is 3. The van der Waals surface area contributed by atoms with Gasteiger partial charge in [-0.2, -0.15) is 0 Å². The van der Waals surface area contributed by atoms with Crippen LogP contribution in [-0.2, 0) is 28.6 Å². The molecule has 0 bridgehead atoms. The van der Waals surface area contributed by atoms with Crippen molar-refractivity contribution in [2.45, 2.75) is 219 Å². The van der Waals surface area contributed by atoms with Crippen molar-refractivity contribution in [2.75, 3.05) is 13.2 Å². The molecule has 0 saturated carbocycles. The minimum absolute atomic E-state index is 0.112. The first-order valence-corrected chi connectivity index (χ1v) is 25.4. The minimum Gasteiger partial charge on any atom is -0.462 e. The van der Waals surface area contributed by atoms with Crippen molar-refractivity contribution in [3.63, 3.8) is 0 Å². The second-order valence-corrected chi connectivity index (χ2v) is 16.3. The Morgan fingerprint density at radius 3 is 1.05 bits per heavy atom. The third kappa shape index (κ3) is 49.0. The number of esters is 3. The molecule has 0 aromatic carbocycles. The van der Waals surface area contributed by atoms with Crippen LogP contribution in [0, 0.1) is 0 Å². The Labute approximate surface area is 387 Å². The highest BCUT2D eigenvalue weighted by Gasteiger charge is 2.19. The van der Waals surface area contributed by atoms with Crippen molar-refractivity contribution in [3.05, 3.63) is 109 Å². The Balaban J connectivity index is 4.50. The molecule has 0 rings (SSSR count). The predicted octanol–water partition coefficient (Wildman–Crippen LogP) is 16.8. The van der Waals surface area contributed by atoms with Crippen LogP contribution in [0.25, 0.3) is 0 Å². The van der Waals surface area contributed by atoms with Crippen LogP contribution in [-0.4, -0.2) is 37.2 Å². The van der Waals surface area contributed by atoms with Crippen LogP contribution in [0.4, 0.5) is 0 Å². The molecule has 1 atom stereocenters. The predicted molar refractivity (Wildman–Crippen MR) is 270 cm³/mol. The first-order chi connectivity index (χ1) is 31.0. The topological polar surface area (TPSA) is 78.9 Å². The van der Waals surface area contributed by atoms with Gasteiger partial charge in [0.1, 0.15) is 13.2 Å². The van der Waals surface area contributed by atoms with Crippen molar-refractivity contribution >= 4 is 17.9 Å². The molecule has 0 fully saturated rings. The molecule has 0 unspecified atom stereocenters. The van der Waals surface area contributed by atoms with Crippen LogP contribution in [0.2, 0.25) is 0 Å². The molecule has 0 aliphatic rings. The number of rotatable bonds is 44. The van der Waals surface area contributed by atoms with Crippen LogP contribution in [0.1, 0.15) is 213 Å². The van der Waals surface area contributed by atoms with Crippen molar-refractivity contribution in [1.29, 1.82) is 0 Å². The minimum atomic E-state index is -0.820. The fraction of sp³-hybridized carbons (Fsp3) is 0.632. The zero-order chi connectivity index (χ0) is 45.8. The number of ether oxygens (including phenoxy) is 3. The number of allylic oxidation sites excluding steroid dienone is 18. The fourth-order valence-electron chi connectivity index (χ4n) is 6.46. The molecule has 0 aromatic heterocycles. The monoisotopic (exact) mass is 873 g/mol. The van der Waals surface area contributed by atoms with E-state index < -0.39 is 6.10 Å². The van der Waals surface area contributed by atoms with Gasteiger partial charge in [-0.05, 0) is 103 Å². The smallest absolute Gasteiger partial charge is 0.306 e. The molecule has 0 aromatic rings. The first kappa shape index (κ1) is 59.1. The second kappa shape index (κ2) is 50.7. The number of hydrogen-bond donors (Lipinski definition) is 0. The Morgan fingerprint density at radius 1 is 0.333 bits per heavy atom. The molecule has 0 spiro atoms. The van der Waals surface area contributed by atoms with Crippen LogP contribution >= 0.6 is 0 Å². The zero-order valence-electron chi connectivity index (χ0n) is 40.5. The third-order valence-electron chi connectivity index (χ3n) is 10.3. The SMILES string of the molecule is CC/C=C\C/C=C\C/C=C\C/C=C\C/C=C\CCCC(=O)O[C@@H](COC(=O)CCCCC/C=C\C/C=C\C/C=C\C/C=C\CCCCC)COC(=O)CCCCCCCCCCC. The van der Waals surface area contributed by atoms with Gasteiger partial charge in [-0.1, -0.05) is 201 Å². The number of hydrogen-bond acceptors (Lipinski definition) is 6. The van der Waals surface area contributed by atoms with Crippen molar-refractivity contribution in [1.82, 2.24) is 0 Å². The third-order valence-corrected chi connectivity index (χ3v) is 10.3. The maximum atomic E-state index is 12.8. The van der Waals surface area contributed by atoms with Gasteiger partial charge in [-0.3, -0.25) is 14.4 Å². The van der Waals surface area contributed by atoms with Crippen LogP contribution in [0.5, 0.6) is 0 Å². The lowest BCUT2D eigenvalue weighted by atomic mass is 10.1. The number of carbonyl (C=O) groups excluding carboxylic acids is 3. The van der Waals surface area contributed by atoms with Crippen LogP contribution in [0.3, 0.4) is 0 Å². The van der Waals surface area contributed by atoms with E-state index in [4.69, 9.17) is 14.2 Å². The lowest BCUT2D eigenvalue weighted by molar-refractivity contribution is -0.167. The van der Waals surface area contributed by atoms with E-state index in [1.165, 1.54) is 64.2 Å². The normalized spacial score (nSPS) is 13.0. The van der Waals surface area contributed by atoms with E-state index in [-0.39, 0.29) is 37.5 Å². The summed E-state index contributed by atoms with van der Waals surface area (Å²) in [5.74, 6) is -1.01. The van der Waals surface area contributed by atoms with Crippen LogP contribution < -0.4 is 0 Å². The van der Waals surface area contributed by atoms with E-state index in [0.29, 0.717) is 19.3 Å². The van der Waals surface area contributed by atoms with E-state index in [1.807, 2.05) is 0 Å². The Kier molecular flexibility index (Phi) is 47.5. The lowest BCUT2D eigenvalue weighted by Gasteiger charge is -2.18. The molecular weight excluding hydrogens is 781 g/mol. The van der Waals surface area contributed by atoms with Gasteiger partial charge < -0.3 is 14.2 Å². The molecule has 0 heterocycles. The molecular formula is C57H92O6.